The van der Waals surface area contributed by atoms with E-state index in [0.717, 1.165) is 31.6 Å². The number of benzene rings is 1. The largest absolute Gasteiger partial charge is 0.390 e. The zero-order valence-corrected chi connectivity index (χ0v) is 17.8. The van der Waals surface area contributed by atoms with Crippen molar-refractivity contribution in [1.29, 1.82) is 0 Å². The number of aromatic nitrogens is 1. The van der Waals surface area contributed by atoms with Crippen LogP contribution in [0.25, 0.3) is 0 Å². The van der Waals surface area contributed by atoms with Gasteiger partial charge in [0.1, 0.15) is 0 Å². The number of aliphatic hydroxyl groups is 1. The van der Waals surface area contributed by atoms with E-state index >= 15 is 0 Å². The highest BCUT2D eigenvalue weighted by atomic mass is 127. The number of pyridine rings is 1. The standard InChI is InChI=1S/C20H27N5O.HI/c21-20(23-11-8-18-7-3-4-10-22-18)24-13-19(26)15-25-12-9-16-5-1-2-6-17(16)14-25;/h1-7,10,19,26H,8-9,11-15H2,(H3,21,23,24);1H. The Bertz CT molecular complexity index is 725. The van der Waals surface area contributed by atoms with Crippen molar-refractivity contribution in [3.8, 4) is 0 Å². The Hall–Kier alpha value is -1.71. The summed E-state index contributed by atoms with van der Waals surface area (Å²) in [5, 5.41) is 13.3. The van der Waals surface area contributed by atoms with Gasteiger partial charge in [-0.2, -0.15) is 0 Å². The monoisotopic (exact) mass is 481 g/mol. The van der Waals surface area contributed by atoms with Gasteiger partial charge in [-0.15, -0.1) is 24.0 Å². The number of hydrogen-bond acceptors (Lipinski definition) is 4. The van der Waals surface area contributed by atoms with Gasteiger partial charge in [0.2, 0.25) is 0 Å². The first-order valence-corrected chi connectivity index (χ1v) is 9.11. The van der Waals surface area contributed by atoms with Crippen LogP contribution in [0.4, 0.5) is 0 Å². The third-order valence-electron chi connectivity index (χ3n) is 4.56. The summed E-state index contributed by atoms with van der Waals surface area (Å²) < 4.78 is 0. The van der Waals surface area contributed by atoms with Crippen LogP contribution in [0, 0.1) is 0 Å². The minimum Gasteiger partial charge on any atom is -0.390 e. The maximum Gasteiger partial charge on any atom is 0.188 e. The van der Waals surface area contributed by atoms with Crippen LogP contribution in [0.1, 0.15) is 16.8 Å². The molecule has 27 heavy (non-hydrogen) atoms. The van der Waals surface area contributed by atoms with Crippen LogP contribution in [-0.4, -0.2) is 53.2 Å². The van der Waals surface area contributed by atoms with Gasteiger partial charge in [0.05, 0.1) is 12.6 Å². The normalized spacial score (nSPS) is 15.5. The molecule has 2 aromatic rings. The fraction of sp³-hybridized carbons (Fsp3) is 0.400. The Morgan fingerprint density at radius 2 is 2.00 bits per heavy atom. The highest BCUT2D eigenvalue weighted by molar-refractivity contribution is 14.0. The fourth-order valence-electron chi connectivity index (χ4n) is 3.19. The van der Waals surface area contributed by atoms with Crippen LogP contribution in [0.3, 0.4) is 0 Å². The van der Waals surface area contributed by atoms with E-state index in [0.29, 0.717) is 25.6 Å². The molecule has 0 bridgehead atoms. The van der Waals surface area contributed by atoms with E-state index in [4.69, 9.17) is 5.73 Å². The number of rotatable bonds is 7. The first-order valence-electron chi connectivity index (χ1n) is 9.11. The van der Waals surface area contributed by atoms with Crippen molar-refractivity contribution in [2.45, 2.75) is 25.5 Å². The molecule has 3 rings (SSSR count). The van der Waals surface area contributed by atoms with Gasteiger partial charge >= 0.3 is 0 Å². The van der Waals surface area contributed by atoms with E-state index in [-0.39, 0.29) is 24.0 Å². The van der Waals surface area contributed by atoms with E-state index in [2.05, 4.69) is 44.5 Å². The molecule has 6 nitrogen and oxygen atoms in total. The second-order valence-electron chi connectivity index (χ2n) is 6.63. The lowest BCUT2D eigenvalue weighted by Crippen LogP contribution is -2.39. The molecule has 0 saturated carbocycles. The van der Waals surface area contributed by atoms with Crippen molar-refractivity contribution < 1.29 is 5.11 Å². The Balaban J connectivity index is 0.00000261. The fourth-order valence-corrected chi connectivity index (χ4v) is 3.19. The summed E-state index contributed by atoms with van der Waals surface area (Å²) >= 11 is 0. The summed E-state index contributed by atoms with van der Waals surface area (Å²) in [4.78, 5) is 10.8. The summed E-state index contributed by atoms with van der Waals surface area (Å²) in [5.41, 5.74) is 9.65. The number of nitrogens with two attached hydrogens (primary N) is 1. The highest BCUT2D eigenvalue weighted by Crippen LogP contribution is 2.18. The van der Waals surface area contributed by atoms with Gasteiger partial charge in [-0.3, -0.25) is 14.9 Å². The molecule has 0 saturated heterocycles. The molecule has 146 valence electrons. The van der Waals surface area contributed by atoms with Crippen molar-refractivity contribution in [3.05, 3.63) is 65.5 Å². The Morgan fingerprint density at radius 3 is 2.78 bits per heavy atom. The number of aliphatic hydroxyl groups excluding tert-OH is 1. The maximum absolute atomic E-state index is 10.3. The first-order chi connectivity index (χ1) is 12.7. The van der Waals surface area contributed by atoms with Gasteiger partial charge in [0, 0.05) is 44.5 Å². The van der Waals surface area contributed by atoms with Crippen LogP contribution in [0.2, 0.25) is 0 Å². The van der Waals surface area contributed by atoms with Crippen LogP contribution in [-0.2, 0) is 19.4 Å². The minimum atomic E-state index is -0.517. The Morgan fingerprint density at radius 1 is 1.22 bits per heavy atom. The Kier molecular flexibility index (Phi) is 8.96. The van der Waals surface area contributed by atoms with Gasteiger partial charge in [0.15, 0.2) is 5.96 Å². The number of nitrogens with zero attached hydrogens (tertiary/aromatic N) is 3. The summed E-state index contributed by atoms with van der Waals surface area (Å²) in [5.74, 6) is 0.365. The Labute approximate surface area is 177 Å². The molecule has 0 aliphatic carbocycles. The highest BCUT2D eigenvalue weighted by Gasteiger charge is 2.18. The third kappa shape index (κ3) is 7.08. The molecular weight excluding hydrogens is 453 g/mol. The third-order valence-corrected chi connectivity index (χ3v) is 4.56. The lowest BCUT2D eigenvalue weighted by atomic mass is 10.00. The van der Waals surface area contributed by atoms with Crippen molar-refractivity contribution in [1.82, 2.24) is 15.2 Å². The predicted octanol–water partition coefficient (Wildman–Crippen LogP) is 1.57. The molecule has 0 fully saturated rings. The quantitative estimate of drug-likeness (QED) is 0.318. The molecule has 0 radical (unpaired) electrons. The average Bonchev–Trinajstić information content (AvgIpc) is 2.67. The summed E-state index contributed by atoms with van der Waals surface area (Å²) in [6, 6.07) is 14.3. The molecule has 2 heterocycles. The second kappa shape index (κ2) is 11.2. The van der Waals surface area contributed by atoms with Crippen molar-refractivity contribution in [3.63, 3.8) is 0 Å². The van der Waals surface area contributed by atoms with Gasteiger partial charge in [-0.05, 0) is 29.7 Å². The van der Waals surface area contributed by atoms with Gasteiger partial charge in [-0.25, -0.2) is 0 Å². The van der Waals surface area contributed by atoms with E-state index in [1.54, 1.807) is 6.20 Å². The van der Waals surface area contributed by atoms with Gasteiger partial charge in [-0.1, -0.05) is 30.3 Å². The maximum atomic E-state index is 10.3. The number of nitrogens with one attached hydrogen (secondary N) is 1. The van der Waals surface area contributed by atoms with E-state index < -0.39 is 6.10 Å². The number of β-amino-alcohol motifs (C(OH)–C–C–N with tert-alkyl or cyclic N) is 1. The van der Waals surface area contributed by atoms with E-state index in [9.17, 15) is 5.11 Å². The SMILES string of the molecule is I.NC(=NCC(O)CN1CCc2ccccc2C1)NCCc1ccccn1. The number of halogens is 1. The number of aliphatic imine (C=N–C) groups is 1. The van der Waals surface area contributed by atoms with E-state index in [1.165, 1.54) is 11.1 Å². The molecule has 1 aromatic carbocycles. The molecule has 1 atom stereocenters. The van der Waals surface area contributed by atoms with Crippen molar-refractivity contribution in [2.24, 2.45) is 10.7 Å². The smallest absolute Gasteiger partial charge is 0.188 e. The summed E-state index contributed by atoms with van der Waals surface area (Å²) in [7, 11) is 0. The topological polar surface area (TPSA) is 86.8 Å². The minimum absolute atomic E-state index is 0. The summed E-state index contributed by atoms with van der Waals surface area (Å²) in [6.07, 6.45) is 3.08. The average molecular weight is 481 g/mol. The number of hydrogen-bond donors (Lipinski definition) is 3. The molecule has 0 spiro atoms. The molecule has 1 aliphatic rings. The van der Waals surface area contributed by atoms with Gasteiger partial charge < -0.3 is 16.2 Å². The predicted molar refractivity (Wildman–Crippen MR) is 119 cm³/mol. The van der Waals surface area contributed by atoms with Gasteiger partial charge in [0.25, 0.3) is 0 Å². The lowest BCUT2D eigenvalue weighted by Gasteiger charge is -2.30. The van der Waals surface area contributed by atoms with E-state index in [1.807, 2.05) is 18.2 Å². The van der Waals surface area contributed by atoms with Crippen LogP contribution >= 0.6 is 24.0 Å². The number of guanidine groups is 1. The molecular formula is C20H28IN5O. The molecule has 1 unspecified atom stereocenters. The summed E-state index contributed by atoms with van der Waals surface area (Å²) in [6.45, 7) is 3.44. The molecule has 1 aromatic heterocycles. The molecule has 4 N–H and O–H groups in total. The molecule has 7 heteroatoms. The number of fused-ring (bicyclic) bond motifs is 1. The first kappa shape index (κ1) is 21.6. The van der Waals surface area contributed by atoms with Crippen LogP contribution in [0.15, 0.2) is 53.7 Å². The zero-order valence-electron chi connectivity index (χ0n) is 15.4. The van der Waals surface area contributed by atoms with Crippen LogP contribution in [0.5, 0.6) is 0 Å². The lowest BCUT2D eigenvalue weighted by molar-refractivity contribution is 0.112. The zero-order chi connectivity index (χ0) is 18.2. The van der Waals surface area contributed by atoms with Crippen molar-refractivity contribution in [2.75, 3.05) is 26.2 Å². The second-order valence-corrected chi connectivity index (χ2v) is 6.63. The molecule has 0 amide bonds. The molecule has 1 aliphatic heterocycles. The van der Waals surface area contributed by atoms with Crippen molar-refractivity contribution >= 4 is 29.9 Å². The van der Waals surface area contributed by atoms with Crippen LogP contribution < -0.4 is 11.1 Å².